The van der Waals surface area contributed by atoms with Gasteiger partial charge in [-0.3, -0.25) is 4.98 Å². The van der Waals surface area contributed by atoms with Gasteiger partial charge in [-0.25, -0.2) is 4.39 Å². The predicted molar refractivity (Wildman–Crippen MR) is 85.1 cm³/mol. The number of benzene rings is 2. The Kier molecular flexibility index (Phi) is 4.67. The number of aromatic nitrogens is 1. The lowest BCUT2D eigenvalue weighted by atomic mass is 9.98. The van der Waals surface area contributed by atoms with Crippen molar-refractivity contribution in [2.75, 3.05) is 0 Å². The van der Waals surface area contributed by atoms with Crippen LogP contribution < -0.4 is 0 Å². The molecule has 1 heterocycles. The summed E-state index contributed by atoms with van der Waals surface area (Å²) in [6.07, 6.45) is -7.17. The minimum Gasteiger partial charge on any atom is -0.263 e. The second-order valence-corrected chi connectivity index (χ2v) is 5.71. The van der Waals surface area contributed by atoms with Gasteiger partial charge < -0.3 is 0 Å². The first-order chi connectivity index (χ1) is 12.6. The summed E-state index contributed by atoms with van der Waals surface area (Å²) in [5.41, 5.74) is -2.58. The van der Waals surface area contributed by atoms with E-state index in [2.05, 4.69) is 4.98 Å². The van der Waals surface area contributed by atoms with Gasteiger partial charge in [-0.2, -0.15) is 26.3 Å². The summed E-state index contributed by atoms with van der Waals surface area (Å²) >= 11 is 0. The molecule has 27 heavy (non-hydrogen) atoms. The molecule has 0 saturated carbocycles. The van der Waals surface area contributed by atoms with E-state index in [0.717, 1.165) is 48.8 Å². The highest BCUT2D eigenvalue weighted by Gasteiger charge is 2.32. The van der Waals surface area contributed by atoms with Crippen molar-refractivity contribution in [3.05, 3.63) is 77.9 Å². The normalized spacial score (nSPS) is 12.3. The van der Waals surface area contributed by atoms with E-state index >= 15 is 0 Å². The van der Waals surface area contributed by atoms with E-state index in [1.807, 2.05) is 0 Å². The minimum atomic E-state index is -4.61. The van der Waals surface area contributed by atoms with Crippen molar-refractivity contribution >= 4 is 0 Å². The van der Waals surface area contributed by atoms with Crippen LogP contribution in [0.15, 0.2) is 60.9 Å². The Labute approximate surface area is 149 Å². The average molecular weight is 385 g/mol. The minimum absolute atomic E-state index is 0.0800. The first-order valence-corrected chi connectivity index (χ1v) is 7.56. The molecule has 1 nitrogen and oxygen atoms in total. The van der Waals surface area contributed by atoms with Crippen molar-refractivity contribution in [2.24, 2.45) is 0 Å². The van der Waals surface area contributed by atoms with Gasteiger partial charge in [0.2, 0.25) is 0 Å². The Morgan fingerprint density at radius 2 is 1.04 bits per heavy atom. The Hall–Kier alpha value is -2.90. The van der Waals surface area contributed by atoms with Gasteiger partial charge in [-0.1, -0.05) is 24.3 Å². The number of halogens is 7. The smallest absolute Gasteiger partial charge is 0.263 e. The molecule has 0 spiro atoms. The number of pyridine rings is 1. The first kappa shape index (κ1) is 18.9. The second-order valence-electron chi connectivity index (χ2n) is 5.71. The Balaban J connectivity index is 2.11. The molecule has 3 aromatic rings. The molecule has 0 radical (unpaired) electrons. The second kappa shape index (κ2) is 6.68. The SMILES string of the molecule is Fc1c(-c2cccc(C(F)(F)F)c2)cncc1-c1cccc(C(F)(F)F)c1. The molecule has 0 aliphatic carbocycles. The van der Waals surface area contributed by atoms with Crippen molar-refractivity contribution in [2.45, 2.75) is 12.4 Å². The Morgan fingerprint density at radius 3 is 1.41 bits per heavy atom. The third-order valence-corrected chi connectivity index (χ3v) is 3.88. The van der Waals surface area contributed by atoms with Crippen molar-refractivity contribution in [1.82, 2.24) is 4.98 Å². The molecule has 0 amide bonds. The highest BCUT2D eigenvalue weighted by atomic mass is 19.4. The molecule has 2 aromatic carbocycles. The van der Waals surface area contributed by atoms with E-state index < -0.39 is 29.3 Å². The first-order valence-electron chi connectivity index (χ1n) is 7.56. The Bertz CT molecular complexity index is 899. The monoisotopic (exact) mass is 385 g/mol. The van der Waals surface area contributed by atoms with Crippen molar-refractivity contribution < 1.29 is 30.7 Å². The number of hydrogen-bond acceptors (Lipinski definition) is 1. The lowest BCUT2D eigenvalue weighted by Gasteiger charge is -2.12. The van der Waals surface area contributed by atoms with Gasteiger partial charge >= 0.3 is 12.4 Å². The van der Waals surface area contributed by atoms with Crippen LogP contribution >= 0.6 is 0 Å². The fourth-order valence-electron chi connectivity index (χ4n) is 2.57. The summed E-state index contributed by atoms with van der Waals surface area (Å²) in [6, 6.07) is 7.97. The summed E-state index contributed by atoms with van der Waals surface area (Å²) in [7, 11) is 0. The zero-order valence-corrected chi connectivity index (χ0v) is 13.4. The lowest BCUT2D eigenvalue weighted by molar-refractivity contribution is -0.138. The average Bonchev–Trinajstić information content (AvgIpc) is 2.61. The van der Waals surface area contributed by atoms with Gasteiger partial charge in [0.25, 0.3) is 0 Å². The van der Waals surface area contributed by atoms with E-state index in [9.17, 15) is 30.7 Å². The van der Waals surface area contributed by atoms with Crippen LogP contribution in [0, 0.1) is 5.82 Å². The molecule has 0 atom stereocenters. The number of rotatable bonds is 2. The molecule has 0 aliphatic rings. The van der Waals surface area contributed by atoms with E-state index in [0.29, 0.717) is 0 Å². The van der Waals surface area contributed by atoms with Gasteiger partial charge in [0.05, 0.1) is 11.1 Å². The number of alkyl halides is 6. The third kappa shape index (κ3) is 3.94. The van der Waals surface area contributed by atoms with Crippen molar-refractivity contribution in [3.8, 4) is 22.3 Å². The molecular formula is C19H10F7N. The van der Waals surface area contributed by atoms with Gasteiger partial charge in [0.15, 0.2) is 0 Å². The summed E-state index contributed by atoms with van der Waals surface area (Å²) < 4.78 is 92.1. The highest BCUT2D eigenvalue weighted by molar-refractivity contribution is 5.73. The fraction of sp³-hybridized carbons (Fsp3) is 0.105. The molecule has 0 unspecified atom stereocenters. The van der Waals surface area contributed by atoms with Crippen molar-refractivity contribution in [3.63, 3.8) is 0 Å². The van der Waals surface area contributed by atoms with Crippen LogP contribution in [-0.2, 0) is 12.4 Å². The van der Waals surface area contributed by atoms with Crippen LogP contribution in [0.3, 0.4) is 0 Å². The number of nitrogens with zero attached hydrogens (tertiary/aromatic N) is 1. The van der Waals surface area contributed by atoms with E-state index in [1.54, 1.807) is 0 Å². The quantitative estimate of drug-likeness (QED) is 0.454. The molecule has 0 fully saturated rings. The maximum Gasteiger partial charge on any atom is 0.416 e. The summed E-state index contributed by atoms with van der Waals surface area (Å²) in [6.45, 7) is 0. The van der Waals surface area contributed by atoms with E-state index in [1.165, 1.54) is 12.1 Å². The Morgan fingerprint density at radius 1 is 0.630 bits per heavy atom. The maximum absolute atomic E-state index is 14.9. The van der Waals surface area contributed by atoms with Crippen LogP contribution in [0.2, 0.25) is 0 Å². The fourth-order valence-corrected chi connectivity index (χ4v) is 2.57. The standard InChI is InChI=1S/C19H10F7N/c20-17-15(11-3-1-5-13(7-11)18(21,22)23)9-27-10-16(17)12-4-2-6-14(8-12)19(24,25)26/h1-10H. The molecular weight excluding hydrogens is 375 g/mol. The maximum atomic E-state index is 14.9. The van der Waals surface area contributed by atoms with E-state index in [4.69, 9.17) is 0 Å². The van der Waals surface area contributed by atoms with E-state index in [-0.39, 0.29) is 22.3 Å². The van der Waals surface area contributed by atoms with Crippen LogP contribution in [0.1, 0.15) is 11.1 Å². The van der Waals surface area contributed by atoms with Gasteiger partial charge in [0, 0.05) is 23.5 Å². The predicted octanol–water partition coefficient (Wildman–Crippen LogP) is 6.59. The molecule has 1 aromatic heterocycles. The molecule has 0 saturated heterocycles. The molecule has 0 aliphatic heterocycles. The largest absolute Gasteiger partial charge is 0.416 e. The zero-order chi connectivity index (χ0) is 19.8. The van der Waals surface area contributed by atoms with Gasteiger partial charge in [0.1, 0.15) is 5.82 Å². The molecule has 140 valence electrons. The third-order valence-electron chi connectivity index (χ3n) is 3.88. The molecule has 3 rings (SSSR count). The summed E-state index contributed by atoms with van der Waals surface area (Å²) in [5, 5.41) is 0. The molecule has 8 heteroatoms. The topological polar surface area (TPSA) is 12.9 Å². The van der Waals surface area contributed by atoms with Crippen LogP contribution in [0.4, 0.5) is 30.7 Å². The summed E-state index contributed by atoms with van der Waals surface area (Å²) in [4.78, 5) is 3.78. The van der Waals surface area contributed by atoms with Crippen LogP contribution in [0.5, 0.6) is 0 Å². The zero-order valence-electron chi connectivity index (χ0n) is 13.4. The van der Waals surface area contributed by atoms with Gasteiger partial charge in [-0.15, -0.1) is 0 Å². The molecule has 0 N–H and O–H groups in total. The van der Waals surface area contributed by atoms with Crippen molar-refractivity contribution in [1.29, 1.82) is 0 Å². The van der Waals surface area contributed by atoms with Crippen LogP contribution in [-0.4, -0.2) is 4.98 Å². The summed E-state index contributed by atoms with van der Waals surface area (Å²) in [5.74, 6) is -0.955. The lowest BCUT2D eigenvalue weighted by Crippen LogP contribution is -2.05. The van der Waals surface area contributed by atoms with Gasteiger partial charge in [-0.05, 0) is 35.4 Å². The highest BCUT2D eigenvalue weighted by Crippen LogP contribution is 2.36. The molecule has 0 bridgehead atoms. The number of hydrogen-bond donors (Lipinski definition) is 0. The van der Waals surface area contributed by atoms with Crippen LogP contribution in [0.25, 0.3) is 22.3 Å².